The fourth-order valence-electron chi connectivity index (χ4n) is 4.04. The summed E-state index contributed by atoms with van der Waals surface area (Å²) >= 11 is 2.79. The average Bonchev–Trinajstić information content (AvgIpc) is 3.56. The minimum Gasteiger partial charge on any atom is -0.342 e. The highest BCUT2D eigenvalue weighted by Gasteiger charge is 2.40. The van der Waals surface area contributed by atoms with Crippen LogP contribution in [0.25, 0.3) is 10.4 Å². The van der Waals surface area contributed by atoms with Crippen LogP contribution < -0.4 is 5.32 Å². The Morgan fingerprint density at radius 3 is 2.50 bits per heavy atom. The van der Waals surface area contributed by atoms with E-state index in [1.807, 2.05) is 63.2 Å². The Labute approximate surface area is 217 Å². The zero-order valence-electron chi connectivity index (χ0n) is 20.5. The SMILES string of the molecule is CCN(C)C(=O)c1ccc(-c2ccc([C@H](c3cccc(F)c3)C(C)(C)C(=O)Nc3nncs3)s2)cc1. The largest absolute Gasteiger partial charge is 0.342 e. The predicted molar refractivity (Wildman–Crippen MR) is 143 cm³/mol. The molecule has 0 fully saturated rings. The van der Waals surface area contributed by atoms with Gasteiger partial charge >= 0.3 is 0 Å². The first-order valence-electron chi connectivity index (χ1n) is 11.5. The molecule has 186 valence electrons. The third kappa shape index (κ3) is 5.37. The van der Waals surface area contributed by atoms with Crippen LogP contribution in [0, 0.1) is 11.2 Å². The second-order valence-electron chi connectivity index (χ2n) is 9.01. The molecule has 2 aromatic carbocycles. The number of carbonyl (C=O) groups is 2. The molecule has 2 aromatic heterocycles. The van der Waals surface area contributed by atoms with Crippen LogP contribution in [-0.2, 0) is 4.79 Å². The number of hydrogen-bond donors (Lipinski definition) is 1. The molecule has 0 spiro atoms. The fraction of sp³-hybridized carbons (Fsp3) is 0.259. The number of benzene rings is 2. The van der Waals surface area contributed by atoms with E-state index in [1.165, 1.54) is 23.5 Å². The van der Waals surface area contributed by atoms with Crippen molar-refractivity contribution in [2.45, 2.75) is 26.7 Å². The third-order valence-corrected chi connectivity index (χ3v) is 8.02. The molecule has 0 saturated carbocycles. The molecule has 0 unspecified atom stereocenters. The highest BCUT2D eigenvalue weighted by Crippen LogP contribution is 2.46. The van der Waals surface area contributed by atoms with E-state index in [1.54, 1.807) is 34.9 Å². The molecule has 2 heterocycles. The van der Waals surface area contributed by atoms with Crippen LogP contribution in [0.15, 0.2) is 66.2 Å². The Morgan fingerprint density at radius 1 is 1.11 bits per heavy atom. The maximum absolute atomic E-state index is 14.2. The van der Waals surface area contributed by atoms with Crippen LogP contribution in [0.5, 0.6) is 0 Å². The van der Waals surface area contributed by atoms with Gasteiger partial charge in [-0.25, -0.2) is 4.39 Å². The molecule has 0 aliphatic rings. The number of rotatable bonds is 8. The Kier molecular flexibility index (Phi) is 7.61. The molecule has 1 atom stereocenters. The van der Waals surface area contributed by atoms with Gasteiger partial charge in [0.2, 0.25) is 11.0 Å². The number of aromatic nitrogens is 2. The van der Waals surface area contributed by atoms with Gasteiger partial charge in [-0.05, 0) is 54.4 Å². The number of nitrogens with zero attached hydrogens (tertiary/aromatic N) is 3. The van der Waals surface area contributed by atoms with Crippen molar-refractivity contribution in [2.75, 3.05) is 18.9 Å². The molecule has 0 aliphatic carbocycles. The number of hydrogen-bond acceptors (Lipinski definition) is 6. The minimum absolute atomic E-state index is 0.0229. The van der Waals surface area contributed by atoms with Crippen LogP contribution in [-0.4, -0.2) is 40.5 Å². The van der Waals surface area contributed by atoms with Crippen molar-refractivity contribution >= 4 is 39.6 Å². The van der Waals surface area contributed by atoms with Crippen molar-refractivity contribution in [3.63, 3.8) is 0 Å². The van der Waals surface area contributed by atoms with Crippen LogP contribution in [0.2, 0.25) is 0 Å². The lowest BCUT2D eigenvalue weighted by Gasteiger charge is -2.32. The number of thiophene rings is 1. The molecule has 9 heteroatoms. The average molecular weight is 523 g/mol. The summed E-state index contributed by atoms with van der Waals surface area (Å²) in [6.07, 6.45) is 0. The zero-order valence-corrected chi connectivity index (χ0v) is 22.1. The summed E-state index contributed by atoms with van der Waals surface area (Å²) < 4.78 is 14.2. The Hall–Kier alpha value is -3.43. The Balaban J connectivity index is 1.68. The smallest absolute Gasteiger partial charge is 0.253 e. The van der Waals surface area contributed by atoms with E-state index < -0.39 is 11.3 Å². The topological polar surface area (TPSA) is 75.2 Å². The van der Waals surface area contributed by atoms with Gasteiger partial charge in [0.15, 0.2) is 0 Å². The molecule has 1 N–H and O–H groups in total. The third-order valence-electron chi connectivity index (χ3n) is 6.22. The second-order valence-corrected chi connectivity index (χ2v) is 11.0. The molecule has 0 saturated heterocycles. The molecule has 6 nitrogen and oxygen atoms in total. The summed E-state index contributed by atoms with van der Waals surface area (Å²) in [6, 6.07) is 17.9. The number of amides is 2. The molecule has 36 heavy (non-hydrogen) atoms. The molecule has 2 amide bonds. The Bertz CT molecular complexity index is 1350. The van der Waals surface area contributed by atoms with E-state index in [2.05, 4.69) is 15.5 Å². The summed E-state index contributed by atoms with van der Waals surface area (Å²) in [5, 5.41) is 11.0. The van der Waals surface area contributed by atoms with Gasteiger partial charge in [0.25, 0.3) is 5.91 Å². The van der Waals surface area contributed by atoms with Crippen LogP contribution in [0.4, 0.5) is 9.52 Å². The normalized spacial score (nSPS) is 12.2. The minimum atomic E-state index is -0.928. The van der Waals surface area contributed by atoms with Crippen LogP contribution in [0.1, 0.15) is 47.5 Å². The van der Waals surface area contributed by atoms with Crippen LogP contribution >= 0.6 is 22.7 Å². The lowest BCUT2D eigenvalue weighted by molar-refractivity contribution is -0.124. The summed E-state index contributed by atoms with van der Waals surface area (Å²) in [5.41, 5.74) is 2.94. The van der Waals surface area contributed by atoms with Gasteiger partial charge in [0.1, 0.15) is 11.3 Å². The molecule has 0 bridgehead atoms. The number of halogens is 1. The van der Waals surface area contributed by atoms with E-state index >= 15 is 0 Å². The highest BCUT2D eigenvalue weighted by atomic mass is 32.1. The summed E-state index contributed by atoms with van der Waals surface area (Å²) in [4.78, 5) is 29.4. The highest BCUT2D eigenvalue weighted by molar-refractivity contribution is 7.15. The maximum Gasteiger partial charge on any atom is 0.253 e. The van der Waals surface area contributed by atoms with Crippen molar-refractivity contribution in [3.05, 3.63) is 88.0 Å². The zero-order chi connectivity index (χ0) is 25.9. The standard InChI is InChI=1S/C27H27FN4O2S2/c1-5-32(4)24(33)18-11-9-17(10-12-18)21-13-14-22(36-21)23(19-7-6-8-20(28)15-19)27(2,3)25(34)30-26-31-29-16-35-26/h6-16,23H,5H2,1-4H3,(H,30,31,34)/t23-/m0/s1. The van der Waals surface area contributed by atoms with Gasteiger partial charge in [-0.3, -0.25) is 9.59 Å². The van der Waals surface area contributed by atoms with E-state index in [0.29, 0.717) is 22.8 Å². The predicted octanol–water partition coefficient (Wildman–Crippen LogP) is 6.29. The first-order chi connectivity index (χ1) is 17.2. The number of anilines is 1. The lowest BCUT2D eigenvalue weighted by atomic mass is 9.73. The van der Waals surface area contributed by atoms with Gasteiger partial charge in [-0.15, -0.1) is 21.5 Å². The summed E-state index contributed by atoms with van der Waals surface area (Å²) in [7, 11) is 1.78. The van der Waals surface area contributed by atoms with Crippen molar-refractivity contribution in [2.24, 2.45) is 5.41 Å². The molecule has 4 rings (SSSR count). The number of carbonyl (C=O) groups excluding carboxylic acids is 2. The Morgan fingerprint density at radius 2 is 1.86 bits per heavy atom. The monoisotopic (exact) mass is 522 g/mol. The van der Waals surface area contributed by atoms with Crippen molar-refractivity contribution in [3.8, 4) is 10.4 Å². The first-order valence-corrected chi connectivity index (χ1v) is 13.2. The molecular weight excluding hydrogens is 495 g/mol. The lowest BCUT2D eigenvalue weighted by Crippen LogP contribution is -2.36. The summed E-state index contributed by atoms with van der Waals surface area (Å²) in [5.74, 6) is -1.01. The molecule has 0 radical (unpaired) electrons. The van der Waals surface area contributed by atoms with E-state index in [-0.39, 0.29) is 17.6 Å². The quantitative estimate of drug-likeness (QED) is 0.295. The van der Waals surface area contributed by atoms with Gasteiger partial charge in [0.05, 0.1) is 5.41 Å². The van der Waals surface area contributed by atoms with Gasteiger partial charge < -0.3 is 10.2 Å². The molecule has 4 aromatic rings. The molecule has 0 aliphatic heterocycles. The maximum atomic E-state index is 14.2. The van der Waals surface area contributed by atoms with Crippen molar-refractivity contribution in [1.82, 2.24) is 15.1 Å². The van der Waals surface area contributed by atoms with Gasteiger partial charge in [-0.1, -0.05) is 49.4 Å². The van der Waals surface area contributed by atoms with Crippen LogP contribution in [0.3, 0.4) is 0 Å². The second kappa shape index (κ2) is 10.7. The fourth-order valence-corrected chi connectivity index (χ4v) is 5.81. The first kappa shape index (κ1) is 25.7. The van der Waals surface area contributed by atoms with E-state index in [9.17, 15) is 14.0 Å². The van der Waals surface area contributed by atoms with E-state index in [4.69, 9.17) is 0 Å². The summed E-state index contributed by atoms with van der Waals surface area (Å²) in [6.45, 7) is 6.27. The van der Waals surface area contributed by atoms with Gasteiger partial charge in [-0.2, -0.15) is 0 Å². The number of nitrogens with one attached hydrogen (secondary N) is 1. The van der Waals surface area contributed by atoms with Crippen molar-refractivity contribution in [1.29, 1.82) is 0 Å². The molecular formula is C27H27FN4O2S2. The van der Waals surface area contributed by atoms with E-state index in [0.717, 1.165) is 15.3 Å². The van der Waals surface area contributed by atoms with Crippen molar-refractivity contribution < 1.29 is 14.0 Å². The van der Waals surface area contributed by atoms with Gasteiger partial charge in [0, 0.05) is 34.8 Å².